The van der Waals surface area contributed by atoms with Crippen LogP contribution in [0.15, 0.2) is 41.6 Å². The van der Waals surface area contributed by atoms with E-state index >= 15 is 0 Å². The van der Waals surface area contributed by atoms with Crippen LogP contribution in [0.4, 0.5) is 5.69 Å². The van der Waals surface area contributed by atoms with Gasteiger partial charge in [-0.3, -0.25) is 0 Å². The van der Waals surface area contributed by atoms with E-state index in [-0.39, 0.29) is 6.23 Å². The van der Waals surface area contributed by atoms with E-state index < -0.39 is 0 Å². The number of benzene rings is 1. The van der Waals surface area contributed by atoms with Gasteiger partial charge in [-0.25, -0.2) is 0 Å². The number of hydrogen-bond acceptors (Lipinski definition) is 6. The molecule has 0 spiro atoms. The second-order valence-corrected chi connectivity index (χ2v) is 4.98. The number of thioether (sulfide) groups is 1. The third-order valence-electron chi connectivity index (χ3n) is 2.90. The number of nitrogens with one attached hydrogen (secondary N) is 1. The zero-order chi connectivity index (χ0) is 13.9. The molecule has 1 atom stereocenters. The molecule has 1 aliphatic rings. The van der Waals surface area contributed by atoms with Gasteiger partial charge >= 0.3 is 0 Å². The van der Waals surface area contributed by atoms with E-state index in [1.54, 1.807) is 0 Å². The summed E-state index contributed by atoms with van der Waals surface area (Å²) in [4.78, 5) is 4.42. The van der Waals surface area contributed by atoms with Crippen molar-refractivity contribution in [1.29, 1.82) is 0 Å². The summed E-state index contributed by atoms with van der Waals surface area (Å²) in [6.45, 7) is 1.95. The van der Waals surface area contributed by atoms with Gasteiger partial charge in [-0.2, -0.15) is 4.98 Å². The Kier molecular flexibility index (Phi) is 3.56. The van der Waals surface area contributed by atoms with Crippen LogP contribution in [0.5, 0.6) is 5.88 Å². The molecule has 1 aromatic carbocycles. The summed E-state index contributed by atoms with van der Waals surface area (Å²) < 4.78 is 5.90. The van der Waals surface area contributed by atoms with E-state index in [0.29, 0.717) is 16.7 Å². The Morgan fingerprint density at radius 3 is 2.95 bits per heavy atom. The molecule has 5 nitrogen and oxygen atoms in total. The van der Waals surface area contributed by atoms with Crippen molar-refractivity contribution in [2.75, 3.05) is 11.6 Å². The predicted molar refractivity (Wildman–Crippen MR) is 79.9 cm³/mol. The van der Waals surface area contributed by atoms with Crippen LogP contribution in [-0.2, 0) is 0 Å². The zero-order valence-corrected chi connectivity index (χ0v) is 12.0. The fraction of sp³-hybridized carbons (Fsp3) is 0.214. The van der Waals surface area contributed by atoms with Crippen molar-refractivity contribution in [2.24, 2.45) is 0 Å². The minimum absolute atomic E-state index is 0.270. The first kappa shape index (κ1) is 12.9. The Labute approximate surface area is 121 Å². The molecule has 0 saturated heterocycles. The van der Waals surface area contributed by atoms with Crippen LogP contribution in [0.3, 0.4) is 0 Å². The first-order chi connectivity index (χ1) is 9.81. The standard InChI is InChI=1S/C14H14N4OS/c1-3-6-11-15-10-8-5-4-7-9(10)12-13(19-11)16-14(20-2)18-17-12/h3-8,11,15H,1-2H3/b6-3+. The maximum atomic E-state index is 5.90. The molecule has 0 radical (unpaired) electrons. The monoisotopic (exact) mass is 286 g/mol. The van der Waals surface area contributed by atoms with Crippen LogP contribution in [0.25, 0.3) is 11.3 Å². The van der Waals surface area contributed by atoms with E-state index in [4.69, 9.17) is 4.74 Å². The lowest BCUT2D eigenvalue weighted by atomic mass is 10.1. The topological polar surface area (TPSA) is 59.9 Å². The Bertz CT molecular complexity index is 659. The number of anilines is 1. The van der Waals surface area contributed by atoms with Gasteiger partial charge in [-0.15, -0.1) is 10.2 Å². The number of hydrogen-bond donors (Lipinski definition) is 1. The van der Waals surface area contributed by atoms with E-state index in [0.717, 1.165) is 11.3 Å². The van der Waals surface area contributed by atoms with Gasteiger partial charge < -0.3 is 10.1 Å². The lowest BCUT2D eigenvalue weighted by Gasteiger charge is -2.14. The fourth-order valence-corrected chi connectivity index (χ4v) is 2.31. The molecule has 1 unspecified atom stereocenters. The first-order valence-corrected chi connectivity index (χ1v) is 7.48. The molecule has 1 aliphatic heterocycles. The van der Waals surface area contributed by atoms with Gasteiger partial charge in [0.05, 0.1) is 0 Å². The highest BCUT2D eigenvalue weighted by molar-refractivity contribution is 7.98. The molecule has 102 valence electrons. The fourth-order valence-electron chi connectivity index (χ4n) is 2.02. The molecule has 0 saturated carbocycles. The van der Waals surface area contributed by atoms with Crippen LogP contribution < -0.4 is 10.1 Å². The second-order valence-electron chi connectivity index (χ2n) is 4.21. The second kappa shape index (κ2) is 5.50. The maximum Gasteiger partial charge on any atom is 0.247 e. The van der Waals surface area contributed by atoms with Gasteiger partial charge in [-0.1, -0.05) is 36.0 Å². The normalized spacial score (nSPS) is 16.8. The third kappa shape index (κ3) is 2.34. The summed E-state index contributed by atoms with van der Waals surface area (Å²) in [5, 5.41) is 12.3. The molecule has 0 aliphatic carbocycles. The van der Waals surface area contributed by atoms with Crippen molar-refractivity contribution in [3.8, 4) is 17.1 Å². The minimum Gasteiger partial charge on any atom is -0.448 e. The van der Waals surface area contributed by atoms with Gasteiger partial charge in [0.15, 0.2) is 11.9 Å². The summed E-state index contributed by atoms with van der Waals surface area (Å²) in [5.74, 6) is 0.505. The molecule has 2 aromatic rings. The van der Waals surface area contributed by atoms with Gasteiger partial charge in [-0.05, 0) is 25.3 Å². The zero-order valence-electron chi connectivity index (χ0n) is 11.2. The smallest absolute Gasteiger partial charge is 0.247 e. The van der Waals surface area contributed by atoms with Crippen molar-refractivity contribution < 1.29 is 4.74 Å². The lowest BCUT2D eigenvalue weighted by molar-refractivity contribution is 0.265. The van der Waals surface area contributed by atoms with Crippen molar-refractivity contribution in [2.45, 2.75) is 18.3 Å². The molecule has 1 N–H and O–H groups in total. The molecule has 3 rings (SSSR count). The molecular weight excluding hydrogens is 272 g/mol. The van der Waals surface area contributed by atoms with E-state index in [1.807, 2.05) is 49.6 Å². The Morgan fingerprint density at radius 1 is 1.30 bits per heavy atom. The van der Waals surface area contributed by atoms with Crippen molar-refractivity contribution >= 4 is 17.4 Å². The Hall–Kier alpha value is -2.08. The number of allylic oxidation sites excluding steroid dienone is 1. The van der Waals surface area contributed by atoms with Crippen LogP contribution in [0.2, 0.25) is 0 Å². The first-order valence-electron chi connectivity index (χ1n) is 6.26. The highest BCUT2D eigenvalue weighted by Crippen LogP contribution is 2.35. The number of para-hydroxylation sites is 1. The highest BCUT2D eigenvalue weighted by Gasteiger charge is 2.23. The number of ether oxygens (including phenoxy) is 1. The van der Waals surface area contributed by atoms with Crippen LogP contribution in [0.1, 0.15) is 6.92 Å². The predicted octanol–water partition coefficient (Wildman–Crippen LogP) is 2.97. The number of rotatable bonds is 2. The highest BCUT2D eigenvalue weighted by atomic mass is 32.2. The largest absolute Gasteiger partial charge is 0.448 e. The average Bonchev–Trinajstić information content (AvgIpc) is 2.63. The van der Waals surface area contributed by atoms with Gasteiger partial charge in [0.2, 0.25) is 11.0 Å². The van der Waals surface area contributed by atoms with Crippen LogP contribution in [0, 0.1) is 0 Å². The van der Waals surface area contributed by atoms with Gasteiger partial charge in [0.1, 0.15) is 0 Å². The molecule has 0 bridgehead atoms. The molecular formula is C14H14N4OS. The lowest BCUT2D eigenvalue weighted by Crippen LogP contribution is -2.23. The quantitative estimate of drug-likeness (QED) is 0.676. The summed E-state index contributed by atoms with van der Waals surface area (Å²) in [7, 11) is 0. The third-order valence-corrected chi connectivity index (χ3v) is 3.44. The SMILES string of the molecule is C/C=C/C1Nc2ccccc2-c2nnc(SC)nc2O1. The summed E-state index contributed by atoms with van der Waals surface area (Å²) in [5.41, 5.74) is 2.57. The maximum absolute atomic E-state index is 5.90. The minimum atomic E-state index is -0.270. The Morgan fingerprint density at radius 2 is 2.15 bits per heavy atom. The molecule has 0 amide bonds. The van der Waals surface area contributed by atoms with Gasteiger partial charge in [0, 0.05) is 11.3 Å². The molecule has 1 aromatic heterocycles. The number of nitrogens with zero attached hydrogens (tertiary/aromatic N) is 3. The van der Waals surface area contributed by atoms with E-state index in [2.05, 4.69) is 20.5 Å². The van der Waals surface area contributed by atoms with Crippen molar-refractivity contribution in [3.05, 3.63) is 36.4 Å². The van der Waals surface area contributed by atoms with E-state index in [9.17, 15) is 0 Å². The van der Waals surface area contributed by atoms with Gasteiger partial charge in [0.25, 0.3) is 0 Å². The average molecular weight is 286 g/mol. The van der Waals surface area contributed by atoms with Crippen molar-refractivity contribution in [3.63, 3.8) is 0 Å². The summed E-state index contributed by atoms with van der Waals surface area (Å²) >= 11 is 1.44. The van der Waals surface area contributed by atoms with Crippen LogP contribution in [-0.4, -0.2) is 27.7 Å². The van der Waals surface area contributed by atoms with Crippen LogP contribution >= 0.6 is 11.8 Å². The molecule has 6 heteroatoms. The van der Waals surface area contributed by atoms with E-state index in [1.165, 1.54) is 11.8 Å². The molecule has 20 heavy (non-hydrogen) atoms. The summed E-state index contributed by atoms with van der Waals surface area (Å²) in [6, 6.07) is 7.91. The Balaban J connectivity index is 2.16. The summed E-state index contributed by atoms with van der Waals surface area (Å²) in [6.07, 6.45) is 5.52. The molecule has 0 fully saturated rings. The number of aromatic nitrogens is 3. The molecule has 2 heterocycles. The van der Waals surface area contributed by atoms with Crippen molar-refractivity contribution in [1.82, 2.24) is 15.2 Å². The number of fused-ring (bicyclic) bond motifs is 3.